The number of carbonyl (C=O) groups is 1. The van der Waals surface area contributed by atoms with Crippen molar-refractivity contribution in [2.24, 2.45) is 0 Å². The Bertz CT molecular complexity index is 707. The third-order valence-corrected chi connectivity index (χ3v) is 2.73. The lowest BCUT2D eigenvalue weighted by Crippen LogP contribution is -2.18. The van der Waals surface area contributed by atoms with Crippen LogP contribution in [-0.4, -0.2) is 12.6 Å². The zero-order valence-corrected chi connectivity index (χ0v) is 11.3. The Kier molecular flexibility index (Phi) is 4.52. The van der Waals surface area contributed by atoms with E-state index in [4.69, 9.17) is 14.7 Å². The second-order valence-electron chi connectivity index (χ2n) is 4.28. The van der Waals surface area contributed by atoms with Crippen LogP contribution in [0.4, 0.5) is 4.39 Å². The topological polar surface area (TPSA) is 59.3 Å². The SMILES string of the molecule is Cc1ccccc1OCC(=O)Oc1ccc(C#N)c(F)c1. The van der Waals surface area contributed by atoms with Crippen molar-refractivity contribution in [1.82, 2.24) is 0 Å². The number of hydrogen-bond acceptors (Lipinski definition) is 4. The fourth-order valence-corrected chi connectivity index (χ4v) is 1.67. The zero-order chi connectivity index (χ0) is 15.2. The van der Waals surface area contributed by atoms with Gasteiger partial charge < -0.3 is 9.47 Å². The van der Waals surface area contributed by atoms with Crippen LogP contribution in [0.25, 0.3) is 0 Å². The van der Waals surface area contributed by atoms with Gasteiger partial charge in [0.25, 0.3) is 0 Å². The number of nitrogens with zero attached hydrogens (tertiary/aromatic N) is 1. The van der Waals surface area contributed by atoms with Gasteiger partial charge in [0.05, 0.1) is 5.56 Å². The highest BCUT2D eigenvalue weighted by Crippen LogP contribution is 2.18. The Morgan fingerprint density at radius 3 is 2.71 bits per heavy atom. The van der Waals surface area contributed by atoms with Crippen LogP contribution in [0.5, 0.6) is 11.5 Å². The monoisotopic (exact) mass is 285 g/mol. The summed E-state index contributed by atoms with van der Waals surface area (Å²) in [6.45, 7) is 1.57. The number of benzene rings is 2. The molecule has 0 fully saturated rings. The summed E-state index contributed by atoms with van der Waals surface area (Å²) in [5.74, 6) is -0.768. The van der Waals surface area contributed by atoms with Crippen molar-refractivity contribution in [2.45, 2.75) is 6.92 Å². The number of para-hydroxylation sites is 1. The van der Waals surface area contributed by atoms with E-state index in [-0.39, 0.29) is 17.9 Å². The molecule has 21 heavy (non-hydrogen) atoms. The van der Waals surface area contributed by atoms with Gasteiger partial charge in [-0.2, -0.15) is 5.26 Å². The van der Waals surface area contributed by atoms with Gasteiger partial charge in [-0.1, -0.05) is 18.2 Å². The first-order chi connectivity index (χ1) is 10.1. The standard InChI is InChI=1S/C16H12FNO3/c1-11-4-2-3-5-15(11)20-10-16(19)21-13-7-6-12(9-18)14(17)8-13/h2-8H,10H2,1H3. The van der Waals surface area contributed by atoms with Crippen molar-refractivity contribution in [2.75, 3.05) is 6.61 Å². The van der Waals surface area contributed by atoms with Gasteiger partial charge in [-0.25, -0.2) is 9.18 Å². The minimum atomic E-state index is -0.734. The highest BCUT2D eigenvalue weighted by atomic mass is 19.1. The van der Waals surface area contributed by atoms with E-state index >= 15 is 0 Å². The number of aryl methyl sites for hydroxylation is 1. The maximum absolute atomic E-state index is 13.4. The van der Waals surface area contributed by atoms with E-state index in [1.807, 2.05) is 19.1 Å². The van der Waals surface area contributed by atoms with Gasteiger partial charge in [-0.05, 0) is 30.7 Å². The summed E-state index contributed by atoms with van der Waals surface area (Å²) in [6.07, 6.45) is 0. The first-order valence-electron chi connectivity index (χ1n) is 6.19. The number of esters is 1. The van der Waals surface area contributed by atoms with Crippen LogP contribution >= 0.6 is 0 Å². The van der Waals surface area contributed by atoms with Crippen molar-refractivity contribution >= 4 is 5.97 Å². The summed E-state index contributed by atoms with van der Waals surface area (Å²) in [4.78, 5) is 11.6. The summed E-state index contributed by atoms with van der Waals surface area (Å²) in [7, 11) is 0. The molecule has 2 aromatic carbocycles. The number of rotatable bonds is 4. The van der Waals surface area contributed by atoms with Crippen molar-refractivity contribution < 1.29 is 18.7 Å². The Labute approximate surface area is 121 Å². The van der Waals surface area contributed by atoms with Gasteiger partial charge in [0, 0.05) is 6.07 Å². The van der Waals surface area contributed by atoms with E-state index in [9.17, 15) is 9.18 Å². The first-order valence-corrected chi connectivity index (χ1v) is 6.19. The molecule has 4 nitrogen and oxygen atoms in total. The summed E-state index contributed by atoms with van der Waals surface area (Å²) in [5, 5.41) is 8.61. The second kappa shape index (κ2) is 6.53. The lowest BCUT2D eigenvalue weighted by atomic mass is 10.2. The van der Waals surface area contributed by atoms with Crippen LogP contribution in [0.2, 0.25) is 0 Å². The van der Waals surface area contributed by atoms with Crippen LogP contribution in [0.1, 0.15) is 11.1 Å². The molecule has 0 aromatic heterocycles. The van der Waals surface area contributed by atoms with Gasteiger partial charge in [-0.15, -0.1) is 0 Å². The largest absolute Gasteiger partial charge is 0.482 e. The number of nitriles is 1. The first kappa shape index (κ1) is 14.5. The number of ether oxygens (including phenoxy) is 2. The molecule has 0 atom stereocenters. The highest BCUT2D eigenvalue weighted by molar-refractivity contribution is 5.74. The van der Waals surface area contributed by atoms with Crippen molar-refractivity contribution in [3.8, 4) is 17.6 Å². The molecule has 0 radical (unpaired) electrons. The molecule has 0 bridgehead atoms. The summed E-state index contributed by atoms with van der Waals surface area (Å²) >= 11 is 0. The molecule has 0 N–H and O–H groups in total. The third kappa shape index (κ3) is 3.80. The number of halogens is 1. The Morgan fingerprint density at radius 2 is 2.05 bits per heavy atom. The molecule has 0 aliphatic rings. The maximum Gasteiger partial charge on any atom is 0.349 e. The molecule has 0 saturated carbocycles. The molecule has 0 aliphatic carbocycles. The summed E-state index contributed by atoms with van der Waals surface area (Å²) < 4.78 is 23.6. The smallest absolute Gasteiger partial charge is 0.349 e. The molecule has 0 spiro atoms. The third-order valence-electron chi connectivity index (χ3n) is 2.73. The fraction of sp³-hybridized carbons (Fsp3) is 0.125. The zero-order valence-electron chi connectivity index (χ0n) is 11.3. The van der Waals surface area contributed by atoms with Crippen molar-refractivity contribution in [1.29, 1.82) is 5.26 Å². The summed E-state index contributed by atoms with van der Waals surface area (Å²) in [5.41, 5.74) is 0.792. The second-order valence-corrected chi connectivity index (χ2v) is 4.28. The summed E-state index contributed by atoms with van der Waals surface area (Å²) in [6, 6.07) is 12.5. The fourth-order valence-electron chi connectivity index (χ4n) is 1.67. The van der Waals surface area contributed by atoms with E-state index < -0.39 is 11.8 Å². The maximum atomic E-state index is 13.4. The lowest BCUT2D eigenvalue weighted by molar-refractivity contribution is -0.136. The van der Waals surface area contributed by atoms with Crippen LogP contribution in [0.15, 0.2) is 42.5 Å². The quantitative estimate of drug-likeness (QED) is 0.640. The van der Waals surface area contributed by atoms with Crippen molar-refractivity contribution in [3.63, 3.8) is 0 Å². The van der Waals surface area contributed by atoms with Gasteiger partial charge in [0.2, 0.25) is 0 Å². The lowest BCUT2D eigenvalue weighted by Gasteiger charge is -2.08. The molecule has 0 amide bonds. The Morgan fingerprint density at radius 1 is 1.29 bits per heavy atom. The van der Waals surface area contributed by atoms with Gasteiger partial charge in [0.1, 0.15) is 23.4 Å². The van der Waals surface area contributed by atoms with E-state index in [0.717, 1.165) is 11.6 Å². The minimum absolute atomic E-state index is 0.0323. The highest BCUT2D eigenvalue weighted by Gasteiger charge is 2.09. The minimum Gasteiger partial charge on any atom is -0.482 e. The average molecular weight is 285 g/mol. The average Bonchev–Trinajstić information content (AvgIpc) is 2.46. The van der Waals surface area contributed by atoms with Crippen molar-refractivity contribution in [3.05, 3.63) is 59.4 Å². The van der Waals surface area contributed by atoms with E-state index in [2.05, 4.69) is 0 Å². The van der Waals surface area contributed by atoms with Crippen LogP contribution in [0.3, 0.4) is 0 Å². The predicted molar refractivity (Wildman–Crippen MR) is 73.4 cm³/mol. The van der Waals surface area contributed by atoms with Crippen LogP contribution in [-0.2, 0) is 4.79 Å². The Balaban J connectivity index is 1.95. The molecule has 2 aromatic rings. The molecule has 0 heterocycles. The molecule has 0 unspecified atom stereocenters. The molecule has 2 rings (SSSR count). The predicted octanol–water partition coefficient (Wildman–Crippen LogP) is 2.99. The van der Waals surface area contributed by atoms with Crippen LogP contribution < -0.4 is 9.47 Å². The molecular formula is C16H12FNO3. The molecule has 106 valence electrons. The van der Waals surface area contributed by atoms with Crippen LogP contribution in [0, 0.1) is 24.1 Å². The van der Waals surface area contributed by atoms with E-state index in [1.165, 1.54) is 12.1 Å². The van der Waals surface area contributed by atoms with E-state index in [0.29, 0.717) is 5.75 Å². The molecule has 0 aliphatic heterocycles. The number of hydrogen-bond donors (Lipinski definition) is 0. The number of carbonyl (C=O) groups excluding carboxylic acids is 1. The molecule has 5 heteroatoms. The molecule has 0 saturated heterocycles. The van der Waals surface area contributed by atoms with E-state index in [1.54, 1.807) is 18.2 Å². The van der Waals surface area contributed by atoms with Gasteiger partial charge in [-0.3, -0.25) is 0 Å². The van der Waals surface area contributed by atoms with Gasteiger partial charge in [0.15, 0.2) is 6.61 Å². The molecular weight excluding hydrogens is 273 g/mol. The van der Waals surface area contributed by atoms with Gasteiger partial charge >= 0.3 is 5.97 Å². The Hall–Kier alpha value is -2.87. The normalized spacial score (nSPS) is 9.76.